The highest BCUT2D eigenvalue weighted by Gasteiger charge is 2.19. The van der Waals surface area contributed by atoms with Crippen molar-refractivity contribution in [1.82, 2.24) is 9.80 Å². The lowest BCUT2D eigenvalue weighted by Gasteiger charge is -2.37. The Labute approximate surface area is 69.1 Å². The van der Waals surface area contributed by atoms with E-state index in [0.717, 1.165) is 13.1 Å². The topological polar surface area (TPSA) is 32.5 Å². The molecule has 1 aliphatic heterocycles. The fourth-order valence-electron chi connectivity index (χ4n) is 1.51. The normalized spacial score (nSPS) is 29.2. The molecule has 3 nitrogen and oxygen atoms in total. The molecule has 0 bridgehead atoms. The summed E-state index contributed by atoms with van der Waals surface area (Å²) in [5.74, 6) is 0. The van der Waals surface area contributed by atoms with Gasteiger partial charge in [-0.2, -0.15) is 0 Å². The third-order valence-electron chi connectivity index (χ3n) is 2.49. The molecule has 0 spiro atoms. The highest BCUT2D eigenvalue weighted by Crippen LogP contribution is 2.05. The number of likely N-dealkylation sites (N-methyl/N-ethyl adjacent to an activating group) is 1. The monoisotopic (exact) mass is 157 g/mol. The molecule has 0 aromatic rings. The summed E-state index contributed by atoms with van der Waals surface area (Å²) in [5.41, 5.74) is 5.48. The van der Waals surface area contributed by atoms with Crippen LogP contribution in [0.25, 0.3) is 0 Å². The Hall–Kier alpha value is -0.120. The first-order chi connectivity index (χ1) is 5.24. The number of nitrogens with zero attached hydrogens (tertiary/aromatic N) is 2. The van der Waals surface area contributed by atoms with Crippen LogP contribution in [0.1, 0.15) is 6.92 Å². The number of piperazine rings is 1. The number of hydrogen-bond donors (Lipinski definition) is 1. The van der Waals surface area contributed by atoms with Gasteiger partial charge in [-0.25, -0.2) is 0 Å². The van der Waals surface area contributed by atoms with E-state index in [1.54, 1.807) is 0 Å². The van der Waals surface area contributed by atoms with Crippen molar-refractivity contribution in [2.45, 2.75) is 13.0 Å². The van der Waals surface area contributed by atoms with E-state index < -0.39 is 0 Å². The maximum atomic E-state index is 5.48. The Bertz CT molecular complexity index is 116. The van der Waals surface area contributed by atoms with Gasteiger partial charge in [-0.15, -0.1) is 0 Å². The summed E-state index contributed by atoms with van der Waals surface area (Å²) in [6.07, 6.45) is 0. The molecule has 0 saturated carbocycles. The van der Waals surface area contributed by atoms with Gasteiger partial charge < -0.3 is 10.6 Å². The van der Waals surface area contributed by atoms with Crippen molar-refractivity contribution < 1.29 is 0 Å². The summed E-state index contributed by atoms with van der Waals surface area (Å²) in [6.45, 7) is 7.64. The Morgan fingerprint density at radius 1 is 1.45 bits per heavy atom. The van der Waals surface area contributed by atoms with E-state index in [1.807, 2.05) is 0 Å². The molecule has 0 aromatic heterocycles. The molecule has 1 atom stereocenters. The molecular formula is C8H19N3. The van der Waals surface area contributed by atoms with Crippen molar-refractivity contribution >= 4 is 0 Å². The van der Waals surface area contributed by atoms with E-state index in [0.29, 0.717) is 6.04 Å². The van der Waals surface area contributed by atoms with Crippen LogP contribution in [0.15, 0.2) is 0 Å². The third-order valence-corrected chi connectivity index (χ3v) is 2.49. The van der Waals surface area contributed by atoms with Crippen LogP contribution in [0, 0.1) is 0 Å². The molecular weight excluding hydrogens is 138 g/mol. The molecule has 11 heavy (non-hydrogen) atoms. The van der Waals surface area contributed by atoms with E-state index in [4.69, 9.17) is 5.73 Å². The zero-order valence-electron chi connectivity index (χ0n) is 7.58. The summed E-state index contributed by atoms with van der Waals surface area (Å²) in [6, 6.07) is 0.690. The zero-order valence-corrected chi connectivity index (χ0v) is 7.58. The van der Waals surface area contributed by atoms with E-state index >= 15 is 0 Å². The van der Waals surface area contributed by atoms with Crippen LogP contribution in [-0.4, -0.2) is 55.6 Å². The lowest BCUT2D eigenvalue weighted by Crippen LogP contribution is -2.51. The fourth-order valence-corrected chi connectivity index (χ4v) is 1.51. The second kappa shape index (κ2) is 4.04. The summed E-state index contributed by atoms with van der Waals surface area (Å²) in [5, 5.41) is 0. The molecule has 1 aliphatic rings. The predicted molar refractivity (Wildman–Crippen MR) is 47.6 cm³/mol. The molecule has 2 N–H and O–H groups in total. The van der Waals surface area contributed by atoms with Crippen LogP contribution in [0.4, 0.5) is 0 Å². The molecule has 0 amide bonds. The van der Waals surface area contributed by atoms with Gasteiger partial charge in [0, 0.05) is 38.8 Å². The minimum Gasteiger partial charge on any atom is -0.329 e. The number of rotatable bonds is 2. The van der Waals surface area contributed by atoms with Gasteiger partial charge in [0.05, 0.1) is 0 Å². The molecule has 0 unspecified atom stereocenters. The van der Waals surface area contributed by atoms with Crippen molar-refractivity contribution in [3.05, 3.63) is 0 Å². The average Bonchev–Trinajstić information content (AvgIpc) is 1.98. The lowest BCUT2D eigenvalue weighted by molar-refractivity contribution is 0.108. The smallest absolute Gasteiger partial charge is 0.0192 e. The molecule has 0 aromatic carbocycles. The molecule has 0 radical (unpaired) electrons. The van der Waals surface area contributed by atoms with Gasteiger partial charge in [-0.3, -0.25) is 4.90 Å². The highest BCUT2D eigenvalue weighted by atomic mass is 15.3. The van der Waals surface area contributed by atoms with Gasteiger partial charge in [0.2, 0.25) is 0 Å². The number of hydrogen-bond acceptors (Lipinski definition) is 3. The van der Waals surface area contributed by atoms with Crippen molar-refractivity contribution in [1.29, 1.82) is 0 Å². The van der Waals surface area contributed by atoms with E-state index in [9.17, 15) is 0 Å². The molecule has 3 heteroatoms. The van der Waals surface area contributed by atoms with Crippen LogP contribution < -0.4 is 5.73 Å². The minimum atomic E-state index is 0.690. The van der Waals surface area contributed by atoms with Gasteiger partial charge in [0.1, 0.15) is 0 Å². The average molecular weight is 157 g/mol. The first-order valence-corrected chi connectivity index (χ1v) is 4.36. The van der Waals surface area contributed by atoms with Gasteiger partial charge in [0.15, 0.2) is 0 Å². The Morgan fingerprint density at radius 3 is 2.73 bits per heavy atom. The Kier molecular flexibility index (Phi) is 3.30. The second-order valence-electron chi connectivity index (χ2n) is 3.42. The minimum absolute atomic E-state index is 0.690. The highest BCUT2D eigenvalue weighted by molar-refractivity contribution is 4.76. The standard InChI is InChI=1S/C8H19N3/c1-8-7-11(4-3-9)6-5-10(8)2/h8H,3-7,9H2,1-2H3/t8-/m0/s1. The maximum Gasteiger partial charge on any atom is 0.0192 e. The first-order valence-electron chi connectivity index (χ1n) is 4.36. The molecule has 1 saturated heterocycles. The maximum absolute atomic E-state index is 5.48. The van der Waals surface area contributed by atoms with Crippen molar-refractivity contribution in [2.24, 2.45) is 5.73 Å². The largest absolute Gasteiger partial charge is 0.329 e. The van der Waals surface area contributed by atoms with Gasteiger partial charge >= 0.3 is 0 Å². The van der Waals surface area contributed by atoms with Crippen LogP contribution in [-0.2, 0) is 0 Å². The van der Waals surface area contributed by atoms with Crippen LogP contribution in [0.2, 0.25) is 0 Å². The summed E-state index contributed by atoms with van der Waals surface area (Å²) in [4.78, 5) is 4.83. The third kappa shape index (κ3) is 2.43. The van der Waals surface area contributed by atoms with E-state index in [2.05, 4.69) is 23.8 Å². The molecule has 1 heterocycles. The predicted octanol–water partition coefficient (Wildman–Crippen LogP) is -0.419. The second-order valence-corrected chi connectivity index (χ2v) is 3.42. The van der Waals surface area contributed by atoms with Crippen molar-refractivity contribution in [3.8, 4) is 0 Å². The summed E-state index contributed by atoms with van der Waals surface area (Å²) >= 11 is 0. The van der Waals surface area contributed by atoms with Crippen molar-refractivity contribution in [3.63, 3.8) is 0 Å². The SMILES string of the molecule is C[C@H]1CN(CCN)CCN1C. The van der Waals surface area contributed by atoms with E-state index in [-0.39, 0.29) is 0 Å². The lowest BCUT2D eigenvalue weighted by atomic mass is 10.2. The quantitative estimate of drug-likeness (QED) is 0.591. The van der Waals surface area contributed by atoms with Crippen LogP contribution >= 0.6 is 0 Å². The fraction of sp³-hybridized carbons (Fsp3) is 1.00. The Balaban J connectivity index is 2.28. The Morgan fingerprint density at radius 2 is 2.18 bits per heavy atom. The zero-order chi connectivity index (χ0) is 8.27. The van der Waals surface area contributed by atoms with Crippen LogP contribution in [0.5, 0.6) is 0 Å². The molecule has 66 valence electrons. The van der Waals surface area contributed by atoms with Gasteiger partial charge in [-0.1, -0.05) is 0 Å². The molecule has 1 fully saturated rings. The van der Waals surface area contributed by atoms with Gasteiger partial charge in [0.25, 0.3) is 0 Å². The molecule has 1 rings (SSSR count). The number of nitrogens with two attached hydrogens (primary N) is 1. The van der Waals surface area contributed by atoms with Gasteiger partial charge in [-0.05, 0) is 14.0 Å². The summed E-state index contributed by atoms with van der Waals surface area (Å²) in [7, 11) is 2.18. The van der Waals surface area contributed by atoms with Crippen molar-refractivity contribution in [2.75, 3.05) is 39.8 Å². The van der Waals surface area contributed by atoms with Crippen LogP contribution in [0.3, 0.4) is 0 Å². The molecule has 0 aliphatic carbocycles. The first kappa shape index (κ1) is 8.97. The van der Waals surface area contributed by atoms with E-state index in [1.165, 1.54) is 19.6 Å². The summed E-state index contributed by atoms with van der Waals surface area (Å²) < 4.78 is 0.